The van der Waals surface area contributed by atoms with E-state index in [1.165, 1.54) is 6.07 Å². The van der Waals surface area contributed by atoms with E-state index in [9.17, 15) is 9.90 Å². The van der Waals surface area contributed by atoms with Crippen LogP contribution >= 0.6 is 11.6 Å². The van der Waals surface area contributed by atoms with E-state index in [-0.39, 0.29) is 18.3 Å². The molecule has 0 aliphatic carbocycles. The predicted molar refractivity (Wildman–Crippen MR) is 98.4 cm³/mol. The summed E-state index contributed by atoms with van der Waals surface area (Å²) in [7, 11) is 0. The first-order valence-electron chi connectivity index (χ1n) is 8.30. The van der Waals surface area contributed by atoms with Gasteiger partial charge >= 0.3 is 0 Å². The molecule has 1 saturated heterocycles. The molecule has 0 aromatic heterocycles. The summed E-state index contributed by atoms with van der Waals surface area (Å²) < 4.78 is 5.33. The largest absolute Gasteiger partial charge is 0.504 e. The van der Waals surface area contributed by atoms with Gasteiger partial charge in [0.15, 0.2) is 18.1 Å². The number of carbonyl (C=O) groups is 1. The van der Waals surface area contributed by atoms with Crippen LogP contribution in [0.4, 0.5) is 5.69 Å². The maximum absolute atomic E-state index is 11.9. The van der Waals surface area contributed by atoms with Crippen LogP contribution in [-0.2, 0) is 4.79 Å². The van der Waals surface area contributed by atoms with Gasteiger partial charge in [-0.2, -0.15) is 0 Å². The Morgan fingerprint density at radius 1 is 1.28 bits per heavy atom. The molecule has 132 valence electrons. The Labute approximate surface area is 152 Å². The Balaban J connectivity index is 1.42. The number of halogens is 1. The van der Waals surface area contributed by atoms with E-state index in [4.69, 9.17) is 16.3 Å². The second-order valence-electron chi connectivity index (χ2n) is 6.14. The van der Waals surface area contributed by atoms with Crippen molar-refractivity contribution < 1.29 is 14.6 Å². The fourth-order valence-corrected chi connectivity index (χ4v) is 3.12. The Morgan fingerprint density at radius 3 is 2.92 bits per heavy atom. The number of rotatable bonds is 6. The molecule has 2 N–H and O–H groups in total. The Kier molecular flexibility index (Phi) is 5.66. The zero-order valence-corrected chi connectivity index (χ0v) is 14.6. The Hall–Kier alpha value is -2.40. The molecule has 0 radical (unpaired) electrons. The van der Waals surface area contributed by atoms with Crippen molar-refractivity contribution in [2.24, 2.45) is 5.92 Å². The van der Waals surface area contributed by atoms with E-state index < -0.39 is 0 Å². The summed E-state index contributed by atoms with van der Waals surface area (Å²) in [6, 6.07) is 14.4. The van der Waals surface area contributed by atoms with Gasteiger partial charge in [-0.1, -0.05) is 29.8 Å². The highest BCUT2D eigenvalue weighted by Gasteiger charge is 2.23. The first-order chi connectivity index (χ1) is 12.1. The van der Waals surface area contributed by atoms with Crippen molar-refractivity contribution in [1.29, 1.82) is 0 Å². The maximum atomic E-state index is 11.9. The number of phenols is 1. The third-order valence-electron chi connectivity index (χ3n) is 4.27. The van der Waals surface area contributed by atoms with Crippen molar-refractivity contribution in [3.05, 3.63) is 53.6 Å². The average Bonchev–Trinajstić information content (AvgIpc) is 3.08. The summed E-state index contributed by atoms with van der Waals surface area (Å²) in [5, 5.41) is 13.2. The third-order valence-corrected chi connectivity index (χ3v) is 4.51. The molecule has 25 heavy (non-hydrogen) atoms. The maximum Gasteiger partial charge on any atom is 0.257 e. The van der Waals surface area contributed by atoms with Crippen LogP contribution in [0.5, 0.6) is 11.5 Å². The molecule has 1 atom stereocenters. The number of amides is 1. The standard InChI is InChI=1S/C19H21ClN2O3/c20-15-4-3-5-16(10-15)22-9-8-14(12-22)11-21-19(24)13-25-18-7-2-1-6-17(18)23/h1-7,10,14,23H,8-9,11-13H2,(H,21,24)/t14-/m1/s1. The Bertz CT molecular complexity index is 738. The van der Waals surface area contributed by atoms with Crippen molar-refractivity contribution in [1.82, 2.24) is 5.32 Å². The second kappa shape index (κ2) is 8.12. The van der Waals surface area contributed by atoms with Gasteiger partial charge in [0.2, 0.25) is 0 Å². The van der Waals surface area contributed by atoms with E-state index in [1.807, 2.05) is 24.3 Å². The molecule has 0 unspecified atom stereocenters. The number of nitrogens with zero attached hydrogens (tertiary/aromatic N) is 1. The molecule has 0 spiro atoms. The zero-order chi connectivity index (χ0) is 17.6. The van der Waals surface area contributed by atoms with Crippen LogP contribution in [0.3, 0.4) is 0 Å². The van der Waals surface area contributed by atoms with E-state index in [2.05, 4.69) is 10.2 Å². The number of aromatic hydroxyl groups is 1. The van der Waals surface area contributed by atoms with Crippen LogP contribution in [0.15, 0.2) is 48.5 Å². The summed E-state index contributed by atoms with van der Waals surface area (Å²) in [5.41, 5.74) is 1.12. The van der Waals surface area contributed by atoms with Crippen LogP contribution in [0.1, 0.15) is 6.42 Å². The first-order valence-corrected chi connectivity index (χ1v) is 8.67. The number of hydrogen-bond donors (Lipinski definition) is 2. The molecule has 2 aromatic rings. The normalized spacial score (nSPS) is 16.7. The molecule has 2 aromatic carbocycles. The summed E-state index contributed by atoms with van der Waals surface area (Å²) in [6.45, 7) is 2.35. The highest BCUT2D eigenvalue weighted by Crippen LogP contribution is 2.26. The minimum Gasteiger partial charge on any atom is -0.504 e. The smallest absolute Gasteiger partial charge is 0.257 e. The molecule has 1 amide bonds. The third kappa shape index (κ3) is 4.79. The van der Waals surface area contributed by atoms with Gasteiger partial charge in [0.05, 0.1) is 0 Å². The average molecular weight is 361 g/mol. The van der Waals surface area contributed by atoms with Crippen molar-refractivity contribution in [3.63, 3.8) is 0 Å². The molecule has 1 heterocycles. The van der Waals surface area contributed by atoms with Crippen molar-refractivity contribution in [3.8, 4) is 11.5 Å². The summed E-state index contributed by atoms with van der Waals surface area (Å²) in [5.74, 6) is 0.548. The van der Waals surface area contributed by atoms with Crippen molar-refractivity contribution in [2.45, 2.75) is 6.42 Å². The monoisotopic (exact) mass is 360 g/mol. The molecule has 1 fully saturated rings. The van der Waals surface area contributed by atoms with Crippen LogP contribution in [-0.4, -0.2) is 37.3 Å². The lowest BCUT2D eigenvalue weighted by atomic mass is 10.1. The lowest BCUT2D eigenvalue weighted by Gasteiger charge is -2.19. The molecular formula is C19H21ClN2O3. The number of hydrogen-bond acceptors (Lipinski definition) is 4. The minimum absolute atomic E-state index is 0.0308. The molecule has 0 saturated carbocycles. The molecular weight excluding hydrogens is 340 g/mol. The number of benzene rings is 2. The molecule has 3 rings (SSSR count). The Morgan fingerprint density at radius 2 is 2.12 bits per heavy atom. The van der Waals surface area contributed by atoms with Gasteiger partial charge in [0.1, 0.15) is 0 Å². The fraction of sp³-hybridized carbons (Fsp3) is 0.316. The lowest BCUT2D eigenvalue weighted by molar-refractivity contribution is -0.123. The first kappa shape index (κ1) is 17.4. The van der Waals surface area contributed by atoms with E-state index in [1.54, 1.807) is 18.2 Å². The zero-order valence-electron chi connectivity index (χ0n) is 13.8. The summed E-state index contributed by atoms with van der Waals surface area (Å²) in [4.78, 5) is 14.2. The van der Waals surface area contributed by atoms with Gasteiger partial charge in [0, 0.05) is 30.3 Å². The van der Waals surface area contributed by atoms with Gasteiger partial charge < -0.3 is 20.1 Å². The molecule has 0 bridgehead atoms. The molecule has 1 aliphatic rings. The lowest BCUT2D eigenvalue weighted by Crippen LogP contribution is -2.34. The molecule has 1 aliphatic heterocycles. The summed E-state index contributed by atoms with van der Waals surface area (Å²) in [6.07, 6.45) is 1.02. The number of carbonyl (C=O) groups excluding carboxylic acids is 1. The van der Waals surface area contributed by atoms with Gasteiger partial charge in [-0.05, 0) is 42.7 Å². The van der Waals surface area contributed by atoms with Crippen molar-refractivity contribution in [2.75, 3.05) is 31.1 Å². The fourth-order valence-electron chi connectivity index (χ4n) is 2.94. The topological polar surface area (TPSA) is 61.8 Å². The van der Waals surface area contributed by atoms with Gasteiger partial charge in [-0.25, -0.2) is 0 Å². The SMILES string of the molecule is O=C(COc1ccccc1O)NC[C@H]1CCN(c2cccc(Cl)c2)C1. The summed E-state index contributed by atoms with van der Waals surface area (Å²) >= 11 is 6.04. The van der Waals surface area contributed by atoms with Gasteiger partial charge in [0.25, 0.3) is 5.91 Å². The van der Waals surface area contributed by atoms with E-state index in [0.717, 1.165) is 30.2 Å². The quantitative estimate of drug-likeness (QED) is 0.831. The molecule has 6 heteroatoms. The second-order valence-corrected chi connectivity index (χ2v) is 6.58. The number of anilines is 1. The number of phenolic OH excluding ortho intramolecular Hbond substituents is 1. The van der Waals surface area contributed by atoms with Gasteiger partial charge in [-0.3, -0.25) is 4.79 Å². The predicted octanol–water partition coefficient (Wildman–Crippen LogP) is 3.07. The van der Waals surface area contributed by atoms with Gasteiger partial charge in [-0.15, -0.1) is 0 Å². The number of ether oxygens (including phenoxy) is 1. The number of para-hydroxylation sites is 2. The van der Waals surface area contributed by atoms with Crippen LogP contribution < -0.4 is 15.0 Å². The van der Waals surface area contributed by atoms with Crippen molar-refractivity contribution >= 4 is 23.2 Å². The van der Waals surface area contributed by atoms with Crippen LogP contribution in [0.2, 0.25) is 5.02 Å². The highest BCUT2D eigenvalue weighted by molar-refractivity contribution is 6.30. The van der Waals surface area contributed by atoms with E-state index in [0.29, 0.717) is 18.2 Å². The molecule has 5 nitrogen and oxygen atoms in total. The number of nitrogens with one attached hydrogen (secondary N) is 1. The van der Waals surface area contributed by atoms with Crippen LogP contribution in [0.25, 0.3) is 0 Å². The highest BCUT2D eigenvalue weighted by atomic mass is 35.5. The van der Waals surface area contributed by atoms with E-state index >= 15 is 0 Å². The van der Waals surface area contributed by atoms with Crippen LogP contribution in [0, 0.1) is 5.92 Å². The minimum atomic E-state index is -0.190.